The molecule has 0 spiro atoms. The van der Waals surface area contributed by atoms with E-state index in [-0.39, 0.29) is 11.4 Å². The van der Waals surface area contributed by atoms with Gasteiger partial charge in [0.25, 0.3) is 0 Å². The van der Waals surface area contributed by atoms with Crippen LogP contribution in [0, 0.1) is 11.8 Å². The maximum absolute atomic E-state index is 12.4. The highest BCUT2D eigenvalue weighted by molar-refractivity contribution is 7.89. The first-order valence-corrected chi connectivity index (χ1v) is 7.78. The van der Waals surface area contributed by atoms with Crippen molar-refractivity contribution in [1.29, 1.82) is 0 Å². The second kappa shape index (κ2) is 8.02. The fourth-order valence-corrected chi connectivity index (χ4v) is 3.09. The minimum absolute atomic E-state index is 0.258. The molecule has 1 aromatic rings. The molecule has 0 aliphatic rings. The summed E-state index contributed by atoms with van der Waals surface area (Å²) < 4.78 is 31.1. The van der Waals surface area contributed by atoms with Crippen molar-refractivity contribution in [3.63, 3.8) is 0 Å². The van der Waals surface area contributed by atoms with Crippen LogP contribution in [-0.2, 0) is 14.8 Å². The van der Waals surface area contributed by atoms with E-state index in [0.29, 0.717) is 19.7 Å². The van der Waals surface area contributed by atoms with E-state index in [1.165, 1.54) is 4.31 Å². The molecule has 20 heavy (non-hydrogen) atoms. The van der Waals surface area contributed by atoms with Crippen molar-refractivity contribution in [2.45, 2.75) is 11.8 Å². The van der Waals surface area contributed by atoms with Gasteiger partial charge < -0.3 is 10.5 Å². The normalized spacial score (nSPS) is 11.2. The van der Waals surface area contributed by atoms with Gasteiger partial charge in [0.05, 0.1) is 18.0 Å². The fourth-order valence-electron chi connectivity index (χ4n) is 1.65. The van der Waals surface area contributed by atoms with Gasteiger partial charge in [0, 0.05) is 25.8 Å². The molecule has 0 radical (unpaired) electrons. The zero-order valence-corrected chi connectivity index (χ0v) is 12.6. The highest BCUT2D eigenvalue weighted by Gasteiger charge is 2.22. The number of benzene rings is 1. The highest BCUT2D eigenvalue weighted by Crippen LogP contribution is 2.15. The molecule has 2 N–H and O–H groups in total. The molecule has 6 heteroatoms. The molecule has 0 unspecified atom stereocenters. The van der Waals surface area contributed by atoms with E-state index in [2.05, 4.69) is 11.8 Å². The maximum Gasteiger partial charge on any atom is 0.243 e. The van der Waals surface area contributed by atoms with Gasteiger partial charge in [0.1, 0.15) is 0 Å². The number of sulfonamides is 1. The molecule has 1 aromatic carbocycles. The number of nitrogens with zero attached hydrogens (tertiary/aromatic N) is 1. The predicted octanol–water partition coefficient (Wildman–Crippen LogP) is 0.654. The topological polar surface area (TPSA) is 72.6 Å². The molecule has 0 aliphatic carbocycles. The van der Waals surface area contributed by atoms with Crippen LogP contribution in [0.2, 0.25) is 0 Å². The summed E-state index contributed by atoms with van der Waals surface area (Å²) in [5, 5.41) is 0. The number of likely N-dealkylation sites (N-methyl/N-ethyl adjacent to an activating group) is 1. The number of hydrogen-bond acceptors (Lipinski definition) is 4. The number of nitrogens with two attached hydrogens (primary N) is 1. The van der Waals surface area contributed by atoms with E-state index in [4.69, 9.17) is 10.5 Å². The Kier molecular flexibility index (Phi) is 6.68. The standard InChI is InChI=1S/C14H20N2O3S/c1-3-16(11-12-19-2)20(17,18)14-8-6-13(7-9-14)5-4-10-15/h6-9H,3,10-12,15H2,1-2H3. The average Bonchev–Trinajstić information content (AvgIpc) is 2.46. The summed E-state index contributed by atoms with van der Waals surface area (Å²) in [6.45, 7) is 3.19. The van der Waals surface area contributed by atoms with E-state index >= 15 is 0 Å². The average molecular weight is 296 g/mol. The highest BCUT2D eigenvalue weighted by atomic mass is 32.2. The Labute approximate surface area is 120 Å². The molecule has 0 heterocycles. The van der Waals surface area contributed by atoms with Gasteiger partial charge >= 0.3 is 0 Å². The first-order chi connectivity index (χ1) is 9.56. The zero-order valence-electron chi connectivity index (χ0n) is 11.8. The molecular weight excluding hydrogens is 276 g/mol. The summed E-state index contributed by atoms with van der Waals surface area (Å²) in [6.07, 6.45) is 0. The van der Waals surface area contributed by atoms with Crippen molar-refractivity contribution in [2.75, 3.05) is 33.4 Å². The molecular formula is C14H20N2O3S. The number of methoxy groups -OCH3 is 1. The Morgan fingerprint density at radius 2 is 1.95 bits per heavy atom. The van der Waals surface area contributed by atoms with E-state index in [0.717, 1.165) is 5.56 Å². The van der Waals surface area contributed by atoms with Crippen molar-refractivity contribution in [3.05, 3.63) is 29.8 Å². The van der Waals surface area contributed by atoms with Crippen LogP contribution in [-0.4, -0.2) is 46.1 Å². The van der Waals surface area contributed by atoms with Crippen LogP contribution < -0.4 is 5.73 Å². The van der Waals surface area contributed by atoms with Gasteiger partial charge in [-0.05, 0) is 24.3 Å². The van der Waals surface area contributed by atoms with E-state index < -0.39 is 10.0 Å². The Bertz CT molecular complexity index is 571. The van der Waals surface area contributed by atoms with E-state index in [1.807, 2.05) is 0 Å². The SMILES string of the molecule is CCN(CCOC)S(=O)(=O)c1ccc(C#CCN)cc1. The van der Waals surface area contributed by atoms with Gasteiger partial charge in [0.2, 0.25) is 10.0 Å². The number of ether oxygens (including phenoxy) is 1. The molecule has 110 valence electrons. The number of rotatable bonds is 6. The second-order valence-electron chi connectivity index (χ2n) is 4.02. The largest absolute Gasteiger partial charge is 0.383 e. The molecule has 0 aliphatic heterocycles. The van der Waals surface area contributed by atoms with Crippen molar-refractivity contribution < 1.29 is 13.2 Å². The lowest BCUT2D eigenvalue weighted by atomic mass is 10.2. The van der Waals surface area contributed by atoms with Crippen LogP contribution in [0.25, 0.3) is 0 Å². The van der Waals surface area contributed by atoms with Gasteiger partial charge in [-0.3, -0.25) is 0 Å². The monoisotopic (exact) mass is 296 g/mol. The summed E-state index contributed by atoms with van der Waals surface area (Å²) in [4.78, 5) is 0.258. The smallest absolute Gasteiger partial charge is 0.243 e. The van der Waals surface area contributed by atoms with Gasteiger partial charge in [0.15, 0.2) is 0 Å². The third-order valence-electron chi connectivity index (χ3n) is 2.72. The van der Waals surface area contributed by atoms with E-state index in [9.17, 15) is 8.42 Å². The van der Waals surface area contributed by atoms with Crippen molar-refractivity contribution in [2.24, 2.45) is 5.73 Å². The van der Waals surface area contributed by atoms with Crippen LogP contribution in [0.5, 0.6) is 0 Å². The molecule has 0 saturated carbocycles. The first kappa shape index (κ1) is 16.7. The lowest BCUT2D eigenvalue weighted by molar-refractivity contribution is 0.180. The third kappa shape index (κ3) is 4.32. The van der Waals surface area contributed by atoms with Crippen molar-refractivity contribution in [1.82, 2.24) is 4.31 Å². The summed E-state index contributed by atoms with van der Waals surface area (Å²) >= 11 is 0. The molecule has 0 aromatic heterocycles. The van der Waals surface area contributed by atoms with Crippen LogP contribution in [0.1, 0.15) is 12.5 Å². The number of hydrogen-bond donors (Lipinski definition) is 1. The maximum atomic E-state index is 12.4. The lowest BCUT2D eigenvalue weighted by Gasteiger charge is -2.20. The molecule has 0 saturated heterocycles. The third-order valence-corrected chi connectivity index (χ3v) is 4.71. The van der Waals surface area contributed by atoms with Crippen molar-refractivity contribution >= 4 is 10.0 Å². The van der Waals surface area contributed by atoms with Crippen molar-refractivity contribution in [3.8, 4) is 11.8 Å². The summed E-state index contributed by atoms with van der Waals surface area (Å²) in [7, 11) is -1.93. The summed E-state index contributed by atoms with van der Waals surface area (Å²) in [6, 6.07) is 6.48. The zero-order chi connectivity index (χ0) is 15.0. The van der Waals surface area contributed by atoms with Gasteiger partial charge in [-0.25, -0.2) is 8.42 Å². The Balaban J connectivity index is 2.96. The lowest BCUT2D eigenvalue weighted by Crippen LogP contribution is -2.33. The van der Waals surface area contributed by atoms with Crippen LogP contribution in [0.4, 0.5) is 0 Å². The summed E-state index contributed by atoms with van der Waals surface area (Å²) in [5.41, 5.74) is 6.04. The molecule has 0 atom stereocenters. The summed E-state index contributed by atoms with van der Waals surface area (Å²) in [5.74, 6) is 5.58. The minimum atomic E-state index is -3.48. The quantitative estimate of drug-likeness (QED) is 0.783. The van der Waals surface area contributed by atoms with Crippen LogP contribution >= 0.6 is 0 Å². The molecule has 0 amide bonds. The van der Waals surface area contributed by atoms with Gasteiger partial charge in [-0.2, -0.15) is 4.31 Å². The Hall–Kier alpha value is -1.39. The van der Waals surface area contributed by atoms with Crippen LogP contribution in [0.3, 0.4) is 0 Å². The molecule has 0 fully saturated rings. The van der Waals surface area contributed by atoms with Gasteiger partial charge in [-0.15, -0.1) is 0 Å². The first-order valence-electron chi connectivity index (χ1n) is 6.34. The molecule has 0 bridgehead atoms. The Morgan fingerprint density at radius 3 is 2.45 bits per heavy atom. The minimum Gasteiger partial charge on any atom is -0.383 e. The molecule has 1 rings (SSSR count). The Morgan fingerprint density at radius 1 is 1.30 bits per heavy atom. The van der Waals surface area contributed by atoms with Gasteiger partial charge in [-0.1, -0.05) is 18.8 Å². The predicted molar refractivity (Wildman–Crippen MR) is 78.7 cm³/mol. The second-order valence-corrected chi connectivity index (χ2v) is 5.96. The fraction of sp³-hybridized carbons (Fsp3) is 0.429. The van der Waals surface area contributed by atoms with Crippen LogP contribution in [0.15, 0.2) is 29.2 Å². The molecule has 5 nitrogen and oxygen atoms in total. The van der Waals surface area contributed by atoms with E-state index in [1.54, 1.807) is 38.3 Å².